The topological polar surface area (TPSA) is 45.9 Å². The summed E-state index contributed by atoms with van der Waals surface area (Å²) in [5.74, 6) is 0.859. The molecule has 18 heavy (non-hydrogen) atoms. The standard InChI is InChI=1S/C14H11BrN2O/c1-18-14-5-3-2-4-11(14)6-10-7-12(15)13(8-16)17-9-10/h2-5,7,9H,6H2,1H3. The van der Waals surface area contributed by atoms with Gasteiger partial charge >= 0.3 is 0 Å². The third kappa shape index (κ3) is 2.69. The molecule has 0 spiro atoms. The Morgan fingerprint density at radius 3 is 2.83 bits per heavy atom. The first-order chi connectivity index (χ1) is 8.74. The molecule has 2 rings (SSSR count). The van der Waals surface area contributed by atoms with Gasteiger partial charge in [0, 0.05) is 12.6 Å². The van der Waals surface area contributed by atoms with Crippen molar-refractivity contribution in [1.29, 1.82) is 5.26 Å². The number of benzene rings is 1. The van der Waals surface area contributed by atoms with Crippen molar-refractivity contribution in [1.82, 2.24) is 4.98 Å². The molecule has 0 N–H and O–H groups in total. The number of hydrogen-bond acceptors (Lipinski definition) is 3. The van der Waals surface area contributed by atoms with Gasteiger partial charge in [-0.25, -0.2) is 4.98 Å². The highest BCUT2D eigenvalue weighted by atomic mass is 79.9. The average Bonchev–Trinajstić information content (AvgIpc) is 2.39. The number of hydrogen-bond donors (Lipinski definition) is 0. The van der Waals surface area contributed by atoms with E-state index in [4.69, 9.17) is 10.00 Å². The highest BCUT2D eigenvalue weighted by Crippen LogP contribution is 2.23. The fraction of sp³-hybridized carbons (Fsp3) is 0.143. The van der Waals surface area contributed by atoms with E-state index in [0.717, 1.165) is 27.8 Å². The summed E-state index contributed by atoms with van der Waals surface area (Å²) >= 11 is 3.34. The number of rotatable bonds is 3. The summed E-state index contributed by atoms with van der Waals surface area (Å²) < 4.78 is 6.03. The van der Waals surface area contributed by atoms with Gasteiger partial charge < -0.3 is 4.74 Å². The Hall–Kier alpha value is -1.86. The van der Waals surface area contributed by atoms with Crippen LogP contribution in [0.15, 0.2) is 41.0 Å². The van der Waals surface area contributed by atoms with Crippen molar-refractivity contribution in [2.24, 2.45) is 0 Å². The van der Waals surface area contributed by atoms with E-state index in [9.17, 15) is 0 Å². The SMILES string of the molecule is COc1ccccc1Cc1cnc(C#N)c(Br)c1. The summed E-state index contributed by atoms with van der Waals surface area (Å²) in [6.45, 7) is 0. The van der Waals surface area contributed by atoms with Gasteiger partial charge in [-0.05, 0) is 39.2 Å². The maximum atomic E-state index is 8.82. The zero-order chi connectivity index (χ0) is 13.0. The Balaban J connectivity index is 2.29. The summed E-state index contributed by atoms with van der Waals surface area (Å²) in [6, 6.07) is 11.8. The number of pyridine rings is 1. The number of halogens is 1. The molecule has 0 aliphatic carbocycles. The zero-order valence-electron chi connectivity index (χ0n) is 9.85. The van der Waals surface area contributed by atoms with Gasteiger partial charge in [0.1, 0.15) is 11.8 Å². The van der Waals surface area contributed by atoms with Crippen molar-refractivity contribution in [3.63, 3.8) is 0 Å². The van der Waals surface area contributed by atoms with Gasteiger partial charge in [-0.3, -0.25) is 0 Å². The van der Waals surface area contributed by atoms with E-state index < -0.39 is 0 Å². The molecule has 0 atom stereocenters. The third-order valence-corrected chi connectivity index (χ3v) is 3.20. The summed E-state index contributed by atoms with van der Waals surface area (Å²) in [6.07, 6.45) is 2.44. The minimum absolute atomic E-state index is 0.402. The monoisotopic (exact) mass is 302 g/mol. The van der Waals surface area contributed by atoms with Gasteiger partial charge in [-0.1, -0.05) is 18.2 Å². The number of nitrogens with zero attached hydrogens (tertiary/aromatic N) is 2. The molecule has 90 valence electrons. The predicted molar refractivity (Wildman–Crippen MR) is 72.5 cm³/mol. The Bertz CT molecular complexity index is 605. The largest absolute Gasteiger partial charge is 0.496 e. The molecule has 1 aromatic carbocycles. The quantitative estimate of drug-likeness (QED) is 0.874. The van der Waals surface area contributed by atoms with E-state index in [1.54, 1.807) is 13.3 Å². The van der Waals surface area contributed by atoms with Crippen LogP contribution in [0.5, 0.6) is 5.75 Å². The predicted octanol–water partition coefficient (Wildman–Crippen LogP) is 3.32. The molecule has 0 amide bonds. The Labute approximate surface area is 114 Å². The number of methoxy groups -OCH3 is 1. The van der Waals surface area contributed by atoms with Crippen LogP contribution >= 0.6 is 15.9 Å². The Morgan fingerprint density at radius 1 is 1.39 bits per heavy atom. The molecule has 0 unspecified atom stereocenters. The average molecular weight is 303 g/mol. The lowest BCUT2D eigenvalue weighted by Crippen LogP contribution is -1.95. The molecule has 1 aromatic heterocycles. The first-order valence-electron chi connectivity index (χ1n) is 5.41. The minimum Gasteiger partial charge on any atom is -0.496 e. The number of para-hydroxylation sites is 1. The molecule has 0 radical (unpaired) electrons. The second-order valence-electron chi connectivity index (χ2n) is 3.77. The van der Waals surface area contributed by atoms with Crippen LogP contribution in [0.4, 0.5) is 0 Å². The summed E-state index contributed by atoms with van der Waals surface area (Å²) in [5, 5.41) is 8.82. The normalized spacial score (nSPS) is 9.83. The Kier molecular flexibility index (Phi) is 3.96. The van der Waals surface area contributed by atoms with Crippen molar-refractivity contribution >= 4 is 15.9 Å². The van der Waals surface area contributed by atoms with E-state index >= 15 is 0 Å². The summed E-state index contributed by atoms with van der Waals surface area (Å²) in [4.78, 5) is 4.10. The molecule has 2 aromatic rings. The molecule has 0 saturated heterocycles. The molecular formula is C14H11BrN2O. The van der Waals surface area contributed by atoms with Crippen LogP contribution in [-0.4, -0.2) is 12.1 Å². The molecule has 0 aliphatic rings. The van der Waals surface area contributed by atoms with Crippen LogP contribution in [0, 0.1) is 11.3 Å². The smallest absolute Gasteiger partial charge is 0.154 e. The summed E-state index contributed by atoms with van der Waals surface area (Å²) in [5.41, 5.74) is 2.53. The maximum absolute atomic E-state index is 8.82. The van der Waals surface area contributed by atoms with Crippen molar-refractivity contribution in [3.8, 4) is 11.8 Å². The molecule has 0 aliphatic heterocycles. The number of nitriles is 1. The van der Waals surface area contributed by atoms with Gasteiger partial charge in [-0.15, -0.1) is 0 Å². The van der Waals surface area contributed by atoms with Gasteiger partial charge in [0.15, 0.2) is 5.69 Å². The first kappa shape index (κ1) is 12.6. The molecule has 0 saturated carbocycles. The van der Waals surface area contributed by atoms with Crippen molar-refractivity contribution in [3.05, 3.63) is 57.8 Å². The first-order valence-corrected chi connectivity index (χ1v) is 6.20. The molecule has 0 fully saturated rings. The van der Waals surface area contributed by atoms with Crippen LogP contribution in [0.1, 0.15) is 16.8 Å². The summed E-state index contributed by atoms with van der Waals surface area (Å²) in [7, 11) is 1.66. The molecule has 4 heteroatoms. The van der Waals surface area contributed by atoms with Crippen LogP contribution in [0.2, 0.25) is 0 Å². The lowest BCUT2D eigenvalue weighted by molar-refractivity contribution is 0.410. The molecule has 1 heterocycles. The highest BCUT2D eigenvalue weighted by Gasteiger charge is 2.06. The van der Waals surface area contributed by atoms with E-state index in [2.05, 4.69) is 20.9 Å². The van der Waals surface area contributed by atoms with Crippen LogP contribution in [-0.2, 0) is 6.42 Å². The van der Waals surface area contributed by atoms with E-state index in [1.807, 2.05) is 36.4 Å². The highest BCUT2D eigenvalue weighted by molar-refractivity contribution is 9.10. The van der Waals surface area contributed by atoms with Gasteiger partial charge in [0.25, 0.3) is 0 Å². The van der Waals surface area contributed by atoms with Crippen LogP contribution in [0.3, 0.4) is 0 Å². The van der Waals surface area contributed by atoms with Crippen molar-refractivity contribution in [2.75, 3.05) is 7.11 Å². The Morgan fingerprint density at radius 2 is 2.17 bits per heavy atom. The molecule has 0 bridgehead atoms. The van der Waals surface area contributed by atoms with Crippen molar-refractivity contribution < 1.29 is 4.74 Å². The maximum Gasteiger partial charge on any atom is 0.154 e. The number of aromatic nitrogens is 1. The van der Waals surface area contributed by atoms with Crippen LogP contribution in [0.25, 0.3) is 0 Å². The second kappa shape index (κ2) is 5.65. The van der Waals surface area contributed by atoms with Gasteiger partial charge in [0.05, 0.1) is 11.6 Å². The van der Waals surface area contributed by atoms with E-state index in [1.165, 1.54) is 0 Å². The lowest BCUT2D eigenvalue weighted by atomic mass is 10.1. The van der Waals surface area contributed by atoms with Crippen LogP contribution < -0.4 is 4.74 Å². The van der Waals surface area contributed by atoms with E-state index in [-0.39, 0.29) is 0 Å². The lowest BCUT2D eigenvalue weighted by Gasteiger charge is -2.08. The van der Waals surface area contributed by atoms with Gasteiger partial charge in [0.2, 0.25) is 0 Å². The third-order valence-electron chi connectivity index (χ3n) is 2.59. The fourth-order valence-electron chi connectivity index (χ4n) is 1.73. The second-order valence-corrected chi connectivity index (χ2v) is 4.63. The number of ether oxygens (including phenoxy) is 1. The zero-order valence-corrected chi connectivity index (χ0v) is 11.4. The van der Waals surface area contributed by atoms with E-state index in [0.29, 0.717) is 5.69 Å². The fourth-order valence-corrected chi connectivity index (χ4v) is 2.21. The van der Waals surface area contributed by atoms with Crippen molar-refractivity contribution in [2.45, 2.75) is 6.42 Å². The van der Waals surface area contributed by atoms with Gasteiger partial charge in [-0.2, -0.15) is 5.26 Å². The minimum atomic E-state index is 0.402. The molecule has 3 nitrogen and oxygen atoms in total. The molecular weight excluding hydrogens is 292 g/mol.